The van der Waals surface area contributed by atoms with Crippen molar-refractivity contribution in [2.75, 3.05) is 19.6 Å². The first-order valence-electron chi connectivity index (χ1n) is 10.6. The molecule has 7 nitrogen and oxygen atoms in total. The summed E-state index contributed by atoms with van der Waals surface area (Å²) >= 11 is 0. The highest BCUT2D eigenvalue weighted by molar-refractivity contribution is 6.09. The van der Waals surface area contributed by atoms with Gasteiger partial charge in [-0.05, 0) is 25.0 Å². The third-order valence-corrected chi connectivity index (χ3v) is 5.82. The lowest BCUT2D eigenvalue weighted by Crippen LogP contribution is -2.52. The minimum absolute atomic E-state index is 0.0858. The van der Waals surface area contributed by atoms with Crippen LogP contribution in [-0.4, -0.2) is 59.5 Å². The summed E-state index contributed by atoms with van der Waals surface area (Å²) in [7, 11) is 0. The number of urea groups is 1. The van der Waals surface area contributed by atoms with Gasteiger partial charge in [-0.25, -0.2) is 4.79 Å². The molecule has 0 bridgehead atoms. The maximum absolute atomic E-state index is 13.6. The fraction of sp³-hybridized carbons (Fsp3) is 0.375. The van der Waals surface area contributed by atoms with E-state index in [1.54, 1.807) is 4.90 Å². The number of ether oxygens (including phenoxy) is 1. The molecule has 0 saturated carbocycles. The van der Waals surface area contributed by atoms with Gasteiger partial charge in [-0.2, -0.15) is 0 Å². The number of carbonyl (C=O) groups excluding carboxylic acids is 3. The van der Waals surface area contributed by atoms with Gasteiger partial charge in [0.15, 0.2) is 5.54 Å². The van der Waals surface area contributed by atoms with E-state index < -0.39 is 17.5 Å². The molecule has 4 amide bonds. The van der Waals surface area contributed by atoms with Gasteiger partial charge in [-0.15, -0.1) is 0 Å². The summed E-state index contributed by atoms with van der Waals surface area (Å²) in [5.41, 5.74) is 0.371. The fourth-order valence-corrected chi connectivity index (χ4v) is 4.43. The van der Waals surface area contributed by atoms with E-state index in [9.17, 15) is 14.4 Å². The van der Waals surface area contributed by atoms with Crippen LogP contribution in [0.1, 0.15) is 25.0 Å². The molecule has 2 heterocycles. The molecule has 0 spiro atoms. The predicted molar refractivity (Wildman–Crippen MR) is 115 cm³/mol. The second-order valence-corrected chi connectivity index (χ2v) is 8.31. The molecule has 2 aromatic rings. The van der Waals surface area contributed by atoms with E-state index in [4.69, 9.17) is 4.74 Å². The normalized spacial score (nSPS) is 26.1. The summed E-state index contributed by atoms with van der Waals surface area (Å²) in [5, 5.41) is 2.90. The minimum Gasteiger partial charge on any atom is -0.372 e. The molecule has 162 valence electrons. The second-order valence-electron chi connectivity index (χ2n) is 8.31. The Kier molecular flexibility index (Phi) is 5.78. The van der Waals surface area contributed by atoms with Crippen LogP contribution in [0.15, 0.2) is 60.7 Å². The van der Waals surface area contributed by atoms with Crippen molar-refractivity contribution in [3.63, 3.8) is 0 Å². The van der Waals surface area contributed by atoms with Crippen molar-refractivity contribution in [1.82, 2.24) is 15.1 Å². The van der Waals surface area contributed by atoms with Crippen molar-refractivity contribution in [3.8, 4) is 0 Å². The van der Waals surface area contributed by atoms with Crippen molar-refractivity contribution < 1.29 is 19.1 Å². The zero-order valence-corrected chi connectivity index (χ0v) is 17.8. The van der Waals surface area contributed by atoms with Crippen molar-refractivity contribution >= 4 is 17.8 Å². The lowest BCUT2D eigenvalue weighted by Gasteiger charge is -2.36. The standard InChI is InChI=1S/C24H27N3O4/c1-17-14-26(15-18(2)31-17)21(28)16-27-22(29)24(25-23(27)30,20-11-7-4-8-12-20)13-19-9-5-3-6-10-19/h3-12,17-18H,13-16H2,1-2H3,(H,25,30)/t17-,18+,24-/m1/s1. The Hall–Kier alpha value is -3.19. The van der Waals surface area contributed by atoms with E-state index in [0.717, 1.165) is 10.5 Å². The van der Waals surface area contributed by atoms with Crippen LogP contribution in [0.3, 0.4) is 0 Å². The molecule has 31 heavy (non-hydrogen) atoms. The van der Waals surface area contributed by atoms with Gasteiger partial charge < -0.3 is 15.0 Å². The summed E-state index contributed by atoms with van der Waals surface area (Å²) < 4.78 is 5.68. The Morgan fingerprint density at radius 3 is 2.19 bits per heavy atom. The minimum atomic E-state index is -1.24. The Morgan fingerprint density at radius 1 is 1.00 bits per heavy atom. The summed E-state index contributed by atoms with van der Waals surface area (Å²) in [6.07, 6.45) is 0.133. The molecule has 2 aromatic carbocycles. The Morgan fingerprint density at radius 2 is 1.58 bits per heavy atom. The Labute approximate surface area is 182 Å². The summed E-state index contributed by atoms with van der Waals surface area (Å²) in [4.78, 5) is 42.2. The molecule has 2 fully saturated rings. The molecule has 0 unspecified atom stereocenters. The lowest BCUT2D eigenvalue weighted by molar-refractivity contribution is -0.146. The van der Waals surface area contributed by atoms with E-state index in [-0.39, 0.29) is 24.7 Å². The number of rotatable bonds is 5. The number of benzene rings is 2. The smallest absolute Gasteiger partial charge is 0.325 e. The van der Waals surface area contributed by atoms with Crippen LogP contribution in [0.5, 0.6) is 0 Å². The number of nitrogens with zero attached hydrogens (tertiary/aromatic N) is 2. The first-order chi connectivity index (χ1) is 14.9. The Balaban J connectivity index is 1.61. The van der Waals surface area contributed by atoms with Gasteiger partial charge in [0.05, 0.1) is 12.2 Å². The number of amides is 4. The zero-order valence-electron chi connectivity index (χ0n) is 17.8. The van der Waals surface area contributed by atoms with Crippen LogP contribution in [0, 0.1) is 0 Å². The van der Waals surface area contributed by atoms with Gasteiger partial charge in [0.25, 0.3) is 5.91 Å². The SMILES string of the molecule is C[C@@H]1CN(C(=O)CN2C(=O)N[C@](Cc3ccccc3)(c3ccccc3)C2=O)C[C@H](C)O1. The zero-order chi connectivity index (χ0) is 22.0. The second kappa shape index (κ2) is 8.51. The summed E-state index contributed by atoms with van der Waals surface area (Å²) in [6.45, 7) is 4.42. The molecule has 7 heteroatoms. The first kappa shape index (κ1) is 21.1. The number of morpholine rings is 1. The molecule has 3 atom stereocenters. The van der Waals surface area contributed by atoms with E-state index >= 15 is 0 Å². The molecule has 0 aliphatic carbocycles. The molecule has 2 saturated heterocycles. The molecule has 2 aliphatic rings. The number of hydrogen-bond acceptors (Lipinski definition) is 4. The van der Waals surface area contributed by atoms with Gasteiger partial charge in [0, 0.05) is 19.5 Å². The highest BCUT2D eigenvalue weighted by Crippen LogP contribution is 2.33. The molecular formula is C24H27N3O4. The van der Waals surface area contributed by atoms with Crippen LogP contribution >= 0.6 is 0 Å². The molecule has 4 rings (SSSR count). The molecule has 2 aliphatic heterocycles. The molecule has 0 aromatic heterocycles. The van der Waals surface area contributed by atoms with E-state index in [2.05, 4.69) is 5.32 Å². The highest BCUT2D eigenvalue weighted by Gasteiger charge is 2.53. The number of nitrogens with one attached hydrogen (secondary N) is 1. The maximum Gasteiger partial charge on any atom is 0.325 e. The van der Waals surface area contributed by atoms with Gasteiger partial charge in [-0.3, -0.25) is 14.5 Å². The number of carbonyl (C=O) groups is 3. The van der Waals surface area contributed by atoms with Gasteiger partial charge in [0.1, 0.15) is 6.54 Å². The van der Waals surface area contributed by atoms with Crippen LogP contribution in [0.25, 0.3) is 0 Å². The van der Waals surface area contributed by atoms with Crippen LogP contribution < -0.4 is 5.32 Å². The average molecular weight is 421 g/mol. The third kappa shape index (κ3) is 4.18. The topological polar surface area (TPSA) is 79.0 Å². The average Bonchev–Trinajstić information content (AvgIpc) is 2.99. The molecular weight excluding hydrogens is 394 g/mol. The summed E-state index contributed by atoms with van der Waals surface area (Å²) in [5.74, 6) is -0.663. The largest absolute Gasteiger partial charge is 0.372 e. The van der Waals surface area contributed by atoms with Gasteiger partial charge in [0.2, 0.25) is 5.91 Å². The monoisotopic (exact) mass is 421 g/mol. The predicted octanol–water partition coefficient (Wildman–Crippen LogP) is 2.31. The molecule has 1 N–H and O–H groups in total. The highest BCUT2D eigenvalue weighted by atomic mass is 16.5. The van der Waals surface area contributed by atoms with Gasteiger partial charge >= 0.3 is 6.03 Å². The maximum atomic E-state index is 13.6. The fourth-order valence-electron chi connectivity index (χ4n) is 4.43. The van der Waals surface area contributed by atoms with Gasteiger partial charge in [-0.1, -0.05) is 60.7 Å². The Bertz CT molecular complexity index is 955. The van der Waals surface area contributed by atoms with E-state index in [0.29, 0.717) is 25.1 Å². The quantitative estimate of drug-likeness (QED) is 0.752. The van der Waals surface area contributed by atoms with Crippen LogP contribution in [-0.2, 0) is 26.3 Å². The van der Waals surface area contributed by atoms with Crippen molar-refractivity contribution in [3.05, 3.63) is 71.8 Å². The van der Waals surface area contributed by atoms with E-state index in [1.165, 1.54) is 0 Å². The van der Waals surface area contributed by atoms with Crippen LogP contribution in [0.4, 0.5) is 4.79 Å². The first-order valence-corrected chi connectivity index (χ1v) is 10.6. The lowest BCUT2D eigenvalue weighted by atomic mass is 9.83. The summed E-state index contributed by atoms with van der Waals surface area (Å²) in [6, 6.07) is 18.2. The number of hydrogen-bond donors (Lipinski definition) is 1. The van der Waals surface area contributed by atoms with Crippen molar-refractivity contribution in [2.45, 2.75) is 38.0 Å². The van der Waals surface area contributed by atoms with Crippen LogP contribution in [0.2, 0.25) is 0 Å². The van der Waals surface area contributed by atoms with Crippen molar-refractivity contribution in [1.29, 1.82) is 0 Å². The van der Waals surface area contributed by atoms with Crippen molar-refractivity contribution in [2.24, 2.45) is 0 Å². The molecule has 0 radical (unpaired) electrons. The van der Waals surface area contributed by atoms with E-state index in [1.807, 2.05) is 74.5 Å². The third-order valence-electron chi connectivity index (χ3n) is 5.82. The number of imide groups is 1.